The highest BCUT2D eigenvalue weighted by Gasteiger charge is 2.38. The van der Waals surface area contributed by atoms with E-state index in [-0.39, 0.29) is 11.6 Å². The van der Waals surface area contributed by atoms with Gasteiger partial charge in [-0.2, -0.15) is 24.9 Å². The molecular formula is C12H17F3N4S. The lowest BCUT2D eigenvalue weighted by Crippen LogP contribution is -2.50. The summed E-state index contributed by atoms with van der Waals surface area (Å²) in [6.45, 7) is 0.828. The van der Waals surface area contributed by atoms with E-state index in [4.69, 9.17) is 5.84 Å². The maximum Gasteiger partial charge on any atom is 0.416 e. The number of aromatic nitrogens is 1. The molecule has 8 heteroatoms. The average molecular weight is 306 g/mol. The van der Waals surface area contributed by atoms with Crippen molar-refractivity contribution in [3.63, 3.8) is 0 Å². The minimum Gasteiger partial charge on any atom is -0.300 e. The smallest absolute Gasteiger partial charge is 0.300 e. The third-order valence-electron chi connectivity index (χ3n) is 3.50. The predicted molar refractivity (Wildman–Crippen MR) is 73.0 cm³/mol. The highest BCUT2D eigenvalue weighted by molar-refractivity contribution is 7.99. The highest BCUT2D eigenvalue weighted by atomic mass is 32.2. The zero-order valence-corrected chi connectivity index (χ0v) is 11.8. The lowest BCUT2D eigenvalue weighted by molar-refractivity contribution is -0.138. The van der Waals surface area contributed by atoms with Gasteiger partial charge in [0.1, 0.15) is 0 Å². The summed E-state index contributed by atoms with van der Waals surface area (Å²) in [4.78, 5) is 5.86. The number of nitrogens with one attached hydrogen (secondary N) is 1. The summed E-state index contributed by atoms with van der Waals surface area (Å²) in [6, 6.07) is 0.303. The van der Waals surface area contributed by atoms with Crippen molar-refractivity contribution in [1.82, 2.24) is 15.3 Å². The van der Waals surface area contributed by atoms with Gasteiger partial charge in [-0.1, -0.05) is 0 Å². The van der Waals surface area contributed by atoms with Crippen LogP contribution in [0.2, 0.25) is 0 Å². The van der Waals surface area contributed by atoms with Crippen molar-refractivity contribution in [2.75, 3.05) is 25.1 Å². The number of alkyl halides is 3. The van der Waals surface area contributed by atoms with Gasteiger partial charge >= 0.3 is 6.18 Å². The van der Waals surface area contributed by atoms with Crippen LogP contribution in [0, 0.1) is 0 Å². The van der Waals surface area contributed by atoms with Crippen molar-refractivity contribution in [2.45, 2.75) is 18.3 Å². The van der Waals surface area contributed by atoms with E-state index in [9.17, 15) is 13.2 Å². The number of halogens is 3. The van der Waals surface area contributed by atoms with Crippen molar-refractivity contribution in [2.24, 2.45) is 5.84 Å². The Morgan fingerprint density at radius 3 is 2.90 bits per heavy atom. The van der Waals surface area contributed by atoms with Gasteiger partial charge in [0.15, 0.2) is 0 Å². The molecule has 112 valence electrons. The van der Waals surface area contributed by atoms with Gasteiger partial charge in [-0.3, -0.25) is 21.2 Å². The Kier molecular flexibility index (Phi) is 4.90. The van der Waals surface area contributed by atoms with Crippen LogP contribution in [0.25, 0.3) is 0 Å². The van der Waals surface area contributed by atoms with Crippen molar-refractivity contribution < 1.29 is 13.2 Å². The topological polar surface area (TPSA) is 54.2 Å². The molecule has 0 saturated carbocycles. The van der Waals surface area contributed by atoms with Gasteiger partial charge in [-0.15, -0.1) is 0 Å². The number of nitrogens with two attached hydrogens (primary N) is 1. The first-order valence-electron chi connectivity index (χ1n) is 6.20. The zero-order valence-electron chi connectivity index (χ0n) is 11.0. The molecule has 4 nitrogen and oxygen atoms in total. The molecule has 20 heavy (non-hydrogen) atoms. The normalized spacial score (nSPS) is 22.8. The fourth-order valence-corrected chi connectivity index (χ4v) is 3.65. The average Bonchev–Trinajstić information content (AvgIpc) is 2.41. The minimum atomic E-state index is -4.41. The van der Waals surface area contributed by atoms with Crippen molar-refractivity contribution >= 4 is 11.8 Å². The Morgan fingerprint density at radius 2 is 2.30 bits per heavy atom. The molecule has 0 aromatic carbocycles. The molecule has 2 unspecified atom stereocenters. The van der Waals surface area contributed by atoms with Gasteiger partial charge in [0.25, 0.3) is 0 Å². The van der Waals surface area contributed by atoms with Crippen LogP contribution in [-0.2, 0) is 6.18 Å². The minimum absolute atomic E-state index is 0.0935. The van der Waals surface area contributed by atoms with E-state index in [1.54, 1.807) is 11.8 Å². The summed E-state index contributed by atoms with van der Waals surface area (Å²) >= 11 is 1.72. The van der Waals surface area contributed by atoms with E-state index in [1.165, 1.54) is 6.20 Å². The van der Waals surface area contributed by atoms with Gasteiger partial charge in [-0.05, 0) is 13.1 Å². The Bertz CT molecular complexity index is 455. The molecular weight excluding hydrogens is 289 g/mol. The molecule has 1 aromatic heterocycles. The Hall–Kier alpha value is -0.830. The first-order chi connectivity index (χ1) is 9.45. The van der Waals surface area contributed by atoms with Gasteiger partial charge < -0.3 is 0 Å². The molecule has 1 aliphatic heterocycles. The fourth-order valence-electron chi connectivity index (χ4n) is 2.38. The molecule has 1 aliphatic rings. The lowest BCUT2D eigenvalue weighted by atomic mass is 9.96. The number of likely N-dealkylation sites (N-methyl/N-ethyl adjacent to an activating group) is 1. The number of thioether (sulfide) groups is 1. The summed E-state index contributed by atoms with van der Waals surface area (Å²) in [5.74, 6) is 7.24. The van der Waals surface area contributed by atoms with E-state index < -0.39 is 17.8 Å². The molecule has 0 aliphatic carbocycles. The molecule has 0 bridgehead atoms. The number of hydrogen-bond donors (Lipinski definition) is 2. The van der Waals surface area contributed by atoms with E-state index in [0.29, 0.717) is 0 Å². The number of rotatable bonds is 3. The molecule has 2 atom stereocenters. The van der Waals surface area contributed by atoms with E-state index >= 15 is 0 Å². The predicted octanol–water partition coefficient (Wildman–Crippen LogP) is 1.65. The quantitative estimate of drug-likeness (QED) is 0.657. The van der Waals surface area contributed by atoms with Crippen LogP contribution in [-0.4, -0.2) is 41.0 Å². The van der Waals surface area contributed by atoms with E-state index in [2.05, 4.69) is 10.4 Å². The van der Waals surface area contributed by atoms with Gasteiger partial charge in [0, 0.05) is 42.0 Å². The van der Waals surface area contributed by atoms with Crippen molar-refractivity contribution in [3.8, 4) is 0 Å². The van der Waals surface area contributed by atoms with Crippen LogP contribution in [0.4, 0.5) is 13.2 Å². The van der Waals surface area contributed by atoms with Crippen LogP contribution in [0.5, 0.6) is 0 Å². The molecule has 0 radical (unpaired) electrons. The second kappa shape index (κ2) is 6.30. The van der Waals surface area contributed by atoms with Crippen molar-refractivity contribution in [3.05, 3.63) is 29.6 Å². The molecule has 1 fully saturated rings. The zero-order chi connectivity index (χ0) is 14.8. The Morgan fingerprint density at radius 1 is 1.55 bits per heavy atom. The second-order valence-electron chi connectivity index (χ2n) is 4.73. The SMILES string of the molecule is CN1CCSCC1C(NN)c1cnccc1C(F)(F)F. The van der Waals surface area contributed by atoms with Crippen LogP contribution >= 0.6 is 11.8 Å². The molecule has 2 heterocycles. The van der Waals surface area contributed by atoms with Crippen LogP contribution in [0.15, 0.2) is 18.5 Å². The first kappa shape index (κ1) is 15.6. The number of hydrogen-bond acceptors (Lipinski definition) is 5. The summed E-state index contributed by atoms with van der Waals surface area (Å²) in [5.41, 5.74) is 1.95. The van der Waals surface area contributed by atoms with Crippen molar-refractivity contribution in [1.29, 1.82) is 0 Å². The van der Waals surface area contributed by atoms with E-state index in [0.717, 1.165) is 30.3 Å². The third-order valence-corrected chi connectivity index (χ3v) is 4.55. The molecule has 0 spiro atoms. The summed E-state index contributed by atoms with van der Waals surface area (Å²) in [6.07, 6.45) is -2.01. The Labute approximate surface area is 119 Å². The van der Waals surface area contributed by atoms with E-state index in [1.807, 2.05) is 11.9 Å². The Balaban J connectivity index is 2.37. The maximum atomic E-state index is 13.1. The first-order valence-corrected chi connectivity index (χ1v) is 7.36. The summed E-state index contributed by atoms with van der Waals surface area (Å²) < 4.78 is 39.3. The molecule has 1 saturated heterocycles. The van der Waals surface area contributed by atoms with Gasteiger partial charge in [-0.25, -0.2) is 0 Å². The third kappa shape index (κ3) is 3.25. The highest BCUT2D eigenvalue weighted by Crippen LogP contribution is 2.36. The largest absolute Gasteiger partial charge is 0.416 e. The number of nitrogens with zero attached hydrogens (tertiary/aromatic N) is 2. The summed E-state index contributed by atoms with van der Waals surface area (Å²) in [5, 5.41) is 0. The lowest BCUT2D eigenvalue weighted by Gasteiger charge is -2.38. The fraction of sp³-hybridized carbons (Fsp3) is 0.583. The molecule has 2 rings (SSSR count). The van der Waals surface area contributed by atoms with Crippen LogP contribution < -0.4 is 11.3 Å². The van der Waals surface area contributed by atoms with Crippen LogP contribution in [0.3, 0.4) is 0 Å². The molecule has 0 amide bonds. The molecule has 3 N–H and O–H groups in total. The summed E-state index contributed by atoms with van der Waals surface area (Å²) in [7, 11) is 1.90. The standard InChI is InChI=1S/C12H17F3N4S/c1-19-4-5-20-7-10(19)11(18-16)8-6-17-3-2-9(8)12(13,14)15/h2-3,6,10-11,18H,4-5,7,16H2,1H3. The van der Waals surface area contributed by atoms with Gasteiger partial charge in [0.2, 0.25) is 0 Å². The molecule has 1 aromatic rings. The maximum absolute atomic E-state index is 13.1. The van der Waals surface area contributed by atoms with Crippen LogP contribution in [0.1, 0.15) is 17.2 Å². The number of hydrazine groups is 1. The number of pyridine rings is 1. The van der Waals surface area contributed by atoms with Gasteiger partial charge in [0.05, 0.1) is 11.6 Å². The second-order valence-corrected chi connectivity index (χ2v) is 5.88. The monoisotopic (exact) mass is 306 g/mol.